The molecule has 0 heterocycles. The molecule has 2 aromatic rings. The van der Waals surface area contributed by atoms with Crippen LogP contribution in [0, 0.1) is 10.1 Å². The zero-order valence-electron chi connectivity index (χ0n) is 11.9. The Hall–Kier alpha value is -2.73. The number of aliphatic hydroxyl groups excluding tert-OH is 1. The van der Waals surface area contributed by atoms with Crippen LogP contribution in [0.25, 0.3) is 0 Å². The summed E-state index contributed by atoms with van der Waals surface area (Å²) in [7, 11) is 0. The van der Waals surface area contributed by atoms with E-state index < -0.39 is 23.0 Å². The van der Waals surface area contributed by atoms with Crippen molar-refractivity contribution in [2.24, 2.45) is 0 Å². The third kappa shape index (κ3) is 3.67. The number of esters is 1. The van der Waals surface area contributed by atoms with Crippen LogP contribution in [0.5, 0.6) is 5.75 Å². The van der Waals surface area contributed by atoms with E-state index in [-0.39, 0.29) is 0 Å². The van der Waals surface area contributed by atoms with Crippen LogP contribution in [0.4, 0.5) is 0 Å². The molecule has 2 rings (SSSR count). The molecule has 0 amide bonds. The van der Waals surface area contributed by atoms with Gasteiger partial charge in [-0.15, -0.1) is 0 Å². The van der Waals surface area contributed by atoms with E-state index in [1.54, 1.807) is 30.3 Å². The van der Waals surface area contributed by atoms with E-state index in [0.717, 1.165) is 0 Å². The minimum Gasteiger partial charge on any atom is -0.423 e. The lowest BCUT2D eigenvalue weighted by Gasteiger charge is -2.13. The average molecular weight is 301 g/mol. The predicted molar refractivity (Wildman–Crippen MR) is 79.3 cm³/mol. The summed E-state index contributed by atoms with van der Waals surface area (Å²) in [6.45, 7) is 1.33. The number of carbonyl (C=O) groups is 1. The maximum absolute atomic E-state index is 11.9. The van der Waals surface area contributed by atoms with Gasteiger partial charge in [-0.2, -0.15) is 0 Å². The summed E-state index contributed by atoms with van der Waals surface area (Å²) in [5, 5.41) is 20.5. The molecule has 2 aromatic carbocycles. The summed E-state index contributed by atoms with van der Waals surface area (Å²) in [6.07, 6.45) is -1.21. The van der Waals surface area contributed by atoms with Crippen molar-refractivity contribution in [3.05, 3.63) is 75.8 Å². The van der Waals surface area contributed by atoms with Crippen LogP contribution in [0.15, 0.2) is 54.6 Å². The van der Waals surface area contributed by atoms with Gasteiger partial charge in [0, 0.05) is 11.8 Å². The summed E-state index contributed by atoms with van der Waals surface area (Å²) >= 11 is 0. The minimum atomic E-state index is -1.21. The lowest BCUT2D eigenvalue weighted by atomic mass is 10.0. The van der Waals surface area contributed by atoms with Crippen molar-refractivity contribution in [2.45, 2.75) is 19.1 Å². The number of carbonyl (C=O) groups excluding carboxylic acids is 1. The largest absolute Gasteiger partial charge is 0.423 e. The molecule has 6 heteroatoms. The number of benzene rings is 2. The fourth-order valence-corrected chi connectivity index (χ4v) is 1.87. The van der Waals surface area contributed by atoms with Crippen LogP contribution in [0.1, 0.15) is 28.9 Å². The zero-order chi connectivity index (χ0) is 16.1. The van der Waals surface area contributed by atoms with E-state index in [9.17, 15) is 20.0 Å². The predicted octanol–water partition coefficient (Wildman–Crippen LogP) is 2.60. The Morgan fingerprint density at radius 3 is 2.27 bits per heavy atom. The highest BCUT2D eigenvalue weighted by atomic mass is 16.6. The molecule has 0 spiro atoms. The van der Waals surface area contributed by atoms with Gasteiger partial charge in [-0.05, 0) is 29.8 Å². The molecule has 0 radical (unpaired) electrons. The standard InChI is InChI=1S/C16H15NO5/c1-11(17(20)21)15(18)12-7-9-14(10-8-12)22-16(19)13-5-3-2-4-6-13/h2-11,15,18H,1H3. The van der Waals surface area contributed by atoms with E-state index >= 15 is 0 Å². The molecule has 2 atom stereocenters. The number of ether oxygens (including phenoxy) is 1. The Labute approximate surface area is 127 Å². The maximum atomic E-state index is 11.9. The number of nitro groups is 1. The first-order chi connectivity index (χ1) is 10.5. The Bertz CT molecular complexity index is 654. The normalized spacial score (nSPS) is 13.2. The second-order valence-corrected chi connectivity index (χ2v) is 4.80. The first kappa shape index (κ1) is 15.7. The summed E-state index contributed by atoms with van der Waals surface area (Å²) < 4.78 is 5.19. The van der Waals surface area contributed by atoms with E-state index in [0.29, 0.717) is 16.9 Å². The van der Waals surface area contributed by atoms with Gasteiger partial charge >= 0.3 is 5.97 Å². The van der Waals surface area contributed by atoms with Gasteiger partial charge in [-0.3, -0.25) is 10.1 Å². The van der Waals surface area contributed by atoms with Gasteiger partial charge in [0.25, 0.3) is 0 Å². The first-order valence-corrected chi connectivity index (χ1v) is 6.68. The summed E-state index contributed by atoms with van der Waals surface area (Å²) in [5.74, 6) is -0.189. The number of aliphatic hydroxyl groups is 1. The van der Waals surface area contributed by atoms with Gasteiger partial charge in [0.05, 0.1) is 5.56 Å². The molecular formula is C16H15NO5. The number of nitrogens with zero attached hydrogens (tertiary/aromatic N) is 1. The Balaban J connectivity index is 2.06. The topological polar surface area (TPSA) is 89.7 Å². The van der Waals surface area contributed by atoms with Crippen LogP contribution in [-0.4, -0.2) is 22.0 Å². The maximum Gasteiger partial charge on any atom is 0.343 e. The number of hydrogen-bond acceptors (Lipinski definition) is 5. The van der Waals surface area contributed by atoms with Crippen molar-refractivity contribution in [2.75, 3.05) is 0 Å². The van der Waals surface area contributed by atoms with E-state index in [2.05, 4.69) is 0 Å². The van der Waals surface area contributed by atoms with Gasteiger partial charge < -0.3 is 9.84 Å². The summed E-state index contributed by atoms with van der Waals surface area (Å²) in [5.41, 5.74) is 0.817. The van der Waals surface area contributed by atoms with Crippen molar-refractivity contribution in [1.29, 1.82) is 0 Å². The Morgan fingerprint density at radius 2 is 1.73 bits per heavy atom. The molecule has 1 N–H and O–H groups in total. The zero-order valence-corrected chi connectivity index (χ0v) is 11.9. The molecule has 0 aliphatic heterocycles. The molecule has 0 bridgehead atoms. The third-order valence-corrected chi connectivity index (χ3v) is 3.23. The van der Waals surface area contributed by atoms with Crippen LogP contribution in [-0.2, 0) is 0 Å². The monoisotopic (exact) mass is 301 g/mol. The fourth-order valence-electron chi connectivity index (χ4n) is 1.87. The first-order valence-electron chi connectivity index (χ1n) is 6.68. The average Bonchev–Trinajstić information content (AvgIpc) is 2.55. The van der Waals surface area contributed by atoms with Crippen molar-refractivity contribution in [1.82, 2.24) is 0 Å². The highest BCUT2D eigenvalue weighted by Crippen LogP contribution is 2.22. The molecule has 0 saturated heterocycles. The van der Waals surface area contributed by atoms with Crippen molar-refractivity contribution in [3.63, 3.8) is 0 Å². The highest BCUT2D eigenvalue weighted by molar-refractivity contribution is 5.90. The third-order valence-electron chi connectivity index (χ3n) is 3.23. The second kappa shape index (κ2) is 6.82. The molecule has 6 nitrogen and oxygen atoms in total. The van der Waals surface area contributed by atoms with Crippen LogP contribution in [0.3, 0.4) is 0 Å². The van der Waals surface area contributed by atoms with Crippen molar-refractivity contribution in [3.8, 4) is 5.75 Å². The molecule has 0 fully saturated rings. The lowest BCUT2D eigenvalue weighted by Crippen LogP contribution is -2.23. The number of hydrogen-bond donors (Lipinski definition) is 1. The molecule has 0 aliphatic carbocycles. The fraction of sp³-hybridized carbons (Fsp3) is 0.188. The Kier molecular flexibility index (Phi) is 4.85. The summed E-state index contributed by atoms with van der Waals surface area (Å²) in [6, 6.07) is 13.4. The molecule has 0 saturated carbocycles. The van der Waals surface area contributed by atoms with Crippen LogP contribution in [0.2, 0.25) is 0 Å². The van der Waals surface area contributed by atoms with E-state index in [1.807, 2.05) is 0 Å². The molecule has 0 aliphatic rings. The molecule has 2 unspecified atom stereocenters. The smallest absolute Gasteiger partial charge is 0.343 e. The lowest BCUT2D eigenvalue weighted by molar-refractivity contribution is -0.531. The molecule has 22 heavy (non-hydrogen) atoms. The van der Waals surface area contributed by atoms with E-state index in [1.165, 1.54) is 31.2 Å². The van der Waals surface area contributed by atoms with Gasteiger partial charge in [0.2, 0.25) is 6.04 Å². The van der Waals surface area contributed by atoms with Crippen molar-refractivity contribution < 1.29 is 19.6 Å². The molecule has 0 aromatic heterocycles. The molecular weight excluding hydrogens is 286 g/mol. The van der Waals surface area contributed by atoms with Crippen molar-refractivity contribution >= 4 is 5.97 Å². The highest BCUT2D eigenvalue weighted by Gasteiger charge is 2.25. The second-order valence-electron chi connectivity index (χ2n) is 4.80. The van der Waals surface area contributed by atoms with Gasteiger partial charge in [0.1, 0.15) is 11.9 Å². The van der Waals surface area contributed by atoms with E-state index in [4.69, 9.17) is 4.74 Å². The van der Waals surface area contributed by atoms with Crippen LogP contribution < -0.4 is 4.74 Å². The Morgan fingerprint density at radius 1 is 1.14 bits per heavy atom. The molecule has 114 valence electrons. The van der Waals surface area contributed by atoms with Gasteiger partial charge in [-0.1, -0.05) is 30.3 Å². The van der Waals surface area contributed by atoms with Gasteiger partial charge in [0.15, 0.2) is 0 Å². The minimum absolute atomic E-state index is 0.304. The summed E-state index contributed by atoms with van der Waals surface area (Å²) in [4.78, 5) is 22.0. The van der Waals surface area contributed by atoms with Gasteiger partial charge in [-0.25, -0.2) is 4.79 Å². The quantitative estimate of drug-likeness (QED) is 0.397. The SMILES string of the molecule is CC(C(O)c1ccc(OC(=O)c2ccccc2)cc1)[N+](=O)[O-]. The number of rotatable bonds is 5. The van der Waals surface area contributed by atoms with Crippen LogP contribution >= 0.6 is 0 Å².